The molecule has 26 heavy (non-hydrogen) atoms. The molecule has 1 saturated carbocycles. The topological polar surface area (TPSA) is 87.0 Å². The van der Waals surface area contributed by atoms with Gasteiger partial charge in [0, 0.05) is 24.7 Å². The molecule has 2 aliphatic rings. The predicted molar refractivity (Wildman–Crippen MR) is 96.2 cm³/mol. The van der Waals surface area contributed by atoms with Crippen LogP contribution in [0.3, 0.4) is 0 Å². The first-order valence-electron chi connectivity index (χ1n) is 9.71. The van der Waals surface area contributed by atoms with Crippen LogP contribution in [0.15, 0.2) is 24.0 Å². The number of hydrogen-bond donors (Lipinski definition) is 3. The second kappa shape index (κ2) is 10.1. The number of carbonyl (C=O) groups is 1. The highest BCUT2D eigenvalue weighted by Gasteiger charge is 2.46. The number of rotatable bonds is 11. The van der Waals surface area contributed by atoms with E-state index in [4.69, 9.17) is 9.84 Å². The van der Waals surface area contributed by atoms with E-state index in [0.717, 1.165) is 19.3 Å². The van der Waals surface area contributed by atoms with Crippen molar-refractivity contribution in [2.75, 3.05) is 0 Å². The van der Waals surface area contributed by atoms with E-state index in [1.54, 1.807) is 12.2 Å². The molecule has 0 spiro atoms. The summed E-state index contributed by atoms with van der Waals surface area (Å²) in [7, 11) is 0. The van der Waals surface area contributed by atoms with Crippen molar-refractivity contribution in [3.63, 3.8) is 0 Å². The van der Waals surface area contributed by atoms with Gasteiger partial charge in [-0.15, -0.1) is 0 Å². The van der Waals surface area contributed by atoms with E-state index in [-0.39, 0.29) is 43.0 Å². The molecule has 2 rings (SSSR count). The predicted octanol–water partition coefficient (Wildman–Crippen LogP) is 3.36. The zero-order chi connectivity index (χ0) is 19.1. The number of halogens is 1. The Hall–Kier alpha value is -1.40. The molecule has 0 aromatic carbocycles. The Labute approximate surface area is 154 Å². The third-order valence-electron chi connectivity index (χ3n) is 5.25. The quantitative estimate of drug-likeness (QED) is 0.383. The van der Waals surface area contributed by atoms with Crippen LogP contribution in [-0.4, -0.2) is 45.8 Å². The van der Waals surface area contributed by atoms with Crippen LogP contribution in [-0.2, 0) is 9.53 Å². The second-order valence-electron chi connectivity index (χ2n) is 7.38. The second-order valence-corrected chi connectivity index (χ2v) is 7.38. The number of alkyl halides is 1. The molecule has 3 N–H and O–H groups in total. The minimum atomic E-state index is -1.30. The van der Waals surface area contributed by atoms with E-state index >= 15 is 0 Å². The van der Waals surface area contributed by atoms with Crippen LogP contribution < -0.4 is 0 Å². The third kappa shape index (κ3) is 5.81. The first-order chi connectivity index (χ1) is 12.4. The van der Waals surface area contributed by atoms with Crippen molar-refractivity contribution in [1.82, 2.24) is 0 Å². The van der Waals surface area contributed by atoms with E-state index in [9.17, 15) is 19.4 Å². The lowest BCUT2D eigenvalue weighted by molar-refractivity contribution is -0.137. The number of carboxylic acid groups (broad SMARTS) is 1. The zero-order valence-electron chi connectivity index (χ0n) is 15.4. The molecule has 1 aliphatic carbocycles. The van der Waals surface area contributed by atoms with Gasteiger partial charge in [-0.2, -0.15) is 0 Å². The summed E-state index contributed by atoms with van der Waals surface area (Å²) in [5.41, 5.74) is 0. The summed E-state index contributed by atoms with van der Waals surface area (Å²) in [4.78, 5) is 10.5. The fourth-order valence-corrected chi connectivity index (χ4v) is 3.77. The van der Waals surface area contributed by atoms with Crippen LogP contribution in [0.4, 0.5) is 4.39 Å². The van der Waals surface area contributed by atoms with Crippen molar-refractivity contribution in [2.24, 2.45) is 11.8 Å². The smallest absolute Gasteiger partial charge is 0.303 e. The van der Waals surface area contributed by atoms with Gasteiger partial charge in [-0.05, 0) is 25.3 Å². The molecule has 0 aromatic heterocycles. The number of fused-ring (bicyclic) bond motifs is 1. The van der Waals surface area contributed by atoms with Crippen LogP contribution in [0.5, 0.6) is 0 Å². The van der Waals surface area contributed by atoms with Gasteiger partial charge in [0.15, 0.2) is 6.17 Å². The average Bonchev–Trinajstić information content (AvgIpc) is 3.10. The number of carboxylic acids is 1. The summed E-state index contributed by atoms with van der Waals surface area (Å²) >= 11 is 0. The number of unbranched alkanes of at least 4 members (excludes halogenated alkanes) is 2. The molecular weight excluding hydrogens is 339 g/mol. The number of hydrogen-bond acceptors (Lipinski definition) is 4. The van der Waals surface area contributed by atoms with Gasteiger partial charge in [0.1, 0.15) is 11.9 Å². The molecule has 6 heteroatoms. The summed E-state index contributed by atoms with van der Waals surface area (Å²) in [6.07, 6.45) is 7.30. The lowest BCUT2D eigenvalue weighted by Crippen LogP contribution is -2.17. The van der Waals surface area contributed by atoms with Crippen molar-refractivity contribution in [2.45, 2.75) is 82.8 Å². The molecule has 0 aromatic rings. The monoisotopic (exact) mass is 370 g/mol. The lowest BCUT2D eigenvalue weighted by atomic mass is 9.92. The van der Waals surface area contributed by atoms with Crippen LogP contribution >= 0.6 is 0 Å². The SMILES string of the molecule is CCCCC[C@H](O)/C=C/[C@@H]1[C@H]2C=C([C@@H](F)CCCC(=O)O)O[C@H]2C[C@H]1O. The van der Waals surface area contributed by atoms with E-state index in [2.05, 4.69) is 6.92 Å². The van der Waals surface area contributed by atoms with Gasteiger partial charge in [-0.1, -0.05) is 38.3 Å². The normalized spacial score (nSPS) is 30.1. The van der Waals surface area contributed by atoms with Crippen molar-refractivity contribution in [1.29, 1.82) is 0 Å². The average molecular weight is 370 g/mol. The molecule has 1 fully saturated rings. The molecule has 6 atom stereocenters. The number of aliphatic hydroxyl groups is 2. The Morgan fingerprint density at radius 1 is 1.38 bits per heavy atom. The molecular formula is C20H31FO5. The summed E-state index contributed by atoms with van der Waals surface area (Å²) in [5, 5.41) is 28.9. The minimum absolute atomic E-state index is 0.0550. The van der Waals surface area contributed by atoms with Gasteiger partial charge in [0.05, 0.1) is 12.2 Å². The Morgan fingerprint density at radius 2 is 2.15 bits per heavy atom. The first-order valence-corrected chi connectivity index (χ1v) is 9.71. The number of aliphatic hydroxyl groups excluding tert-OH is 2. The van der Waals surface area contributed by atoms with Crippen LogP contribution in [0.2, 0.25) is 0 Å². The highest BCUT2D eigenvalue weighted by molar-refractivity contribution is 5.66. The third-order valence-corrected chi connectivity index (χ3v) is 5.25. The standard InChI is InChI=1S/C20H31FO5/c1-2-3-4-6-13(22)9-10-14-15-11-19(26-18(15)12-17(14)23)16(21)7-5-8-20(24)25/h9-11,13-18,22-23H,2-8,12H2,1H3,(H,24,25)/b10-9+/t13-,14+,15+,16-,17+,18-/m0/s1. The molecule has 1 aliphatic heterocycles. The number of allylic oxidation sites excluding steroid dienone is 1. The Morgan fingerprint density at radius 3 is 2.85 bits per heavy atom. The van der Waals surface area contributed by atoms with Gasteiger partial charge < -0.3 is 20.1 Å². The highest BCUT2D eigenvalue weighted by Crippen LogP contribution is 2.43. The highest BCUT2D eigenvalue weighted by atomic mass is 19.1. The van der Waals surface area contributed by atoms with Crippen molar-refractivity contribution >= 4 is 5.97 Å². The summed E-state index contributed by atoms with van der Waals surface area (Å²) < 4.78 is 19.9. The molecule has 0 saturated heterocycles. The molecule has 148 valence electrons. The van der Waals surface area contributed by atoms with Crippen LogP contribution in [0, 0.1) is 11.8 Å². The molecule has 1 heterocycles. The Balaban J connectivity index is 1.89. The van der Waals surface area contributed by atoms with E-state index in [1.165, 1.54) is 0 Å². The molecule has 5 nitrogen and oxygen atoms in total. The largest absolute Gasteiger partial charge is 0.491 e. The van der Waals surface area contributed by atoms with E-state index in [1.807, 2.05) is 6.08 Å². The van der Waals surface area contributed by atoms with Gasteiger partial charge in [0.25, 0.3) is 0 Å². The van der Waals surface area contributed by atoms with E-state index < -0.39 is 24.3 Å². The van der Waals surface area contributed by atoms with Crippen LogP contribution in [0.25, 0.3) is 0 Å². The zero-order valence-corrected chi connectivity index (χ0v) is 15.4. The van der Waals surface area contributed by atoms with Crippen molar-refractivity contribution < 1.29 is 29.2 Å². The summed E-state index contributed by atoms with van der Waals surface area (Å²) in [6.45, 7) is 2.11. The molecule has 0 unspecified atom stereocenters. The van der Waals surface area contributed by atoms with Gasteiger partial charge in [-0.25, -0.2) is 4.39 Å². The molecule has 0 radical (unpaired) electrons. The summed E-state index contributed by atoms with van der Waals surface area (Å²) in [6, 6.07) is 0. The van der Waals surface area contributed by atoms with Gasteiger partial charge in [0.2, 0.25) is 0 Å². The van der Waals surface area contributed by atoms with Gasteiger partial charge >= 0.3 is 5.97 Å². The molecule has 0 amide bonds. The van der Waals surface area contributed by atoms with Crippen LogP contribution in [0.1, 0.15) is 58.3 Å². The van der Waals surface area contributed by atoms with Crippen molar-refractivity contribution in [3.05, 3.63) is 24.0 Å². The fourth-order valence-electron chi connectivity index (χ4n) is 3.77. The number of ether oxygens (including phenoxy) is 1. The maximum absolute atomic E-state index is 14.3. The first kappa shape index (κ1) is 20.9. The maximum Gasteiger partial charge on any atom is 0.303 e. The Bertz CT molecular complexity index is 518. The maximum atomic E-state index is 14.3. The minimum Gasteiger partial charge on any atom is -0.491 e. The van der Waals surface area contributed by atoms with Gasteiger partial charge in [-0.3, -0.25) is 4.79 Å². The Kier molecular flexibility index (Phi) is 8.10. The lowest BCUT2D eigenvalue weighted by Gasteiger charge is -2.15. The molecule has 0 bridgehead atoms. The number of aliphatic carboxylic acids is 1. The van der Waals surface area contributed by atoms with Crippen molar-refractivity contribution in [3.8, 4) is 0 Å². The van der Waals surface area contributed by atoms with E-state index in [0.29, 0.717) is 12.8 Å². The fraction of sp³-hybridized carbons (Fsp3) is 0.750. The summed E-state index contributed by atoms with van der Waals surface area (Å²) in [5.74, 6) is -0.957.